The van der Waals surface area contributed by atoms with Crippen molar-refractivity contribution >= 4 is 11.9 Å². The van der Waals surface area contributed by atoms with Crippen LogP contribution in [0.5, 0.6) is 6.01 Å². The van der Waals surface area contributed by atoms with Crippen LogP contribution in [-0.2, 0) is 4.74 Å². The van der Waals surface area contributed by atoms with Gasteiger partial charge in [0.05, 0.1) is 13.2 Å². The number of methoxy groups -OCH3 is 1. The number of hydrazine groups is 1. The Morgan fingerprint density at radius 2 is 2.16 bits per heavy atom. The van der Waals surface area contributed by atoms with Gasteiger partial charge in [-0.15, -0.1) is 0 Å². The van der Waals surface area contributed by atoms with Gasteiger partial charge >= 0.3 is 6.01 Å². The highest BCUT2D eigenvalue weighted by Gasteiger charge is 2.26. The third kappa shape index (κ3) is 3.42. The van der Waals surface area contributed by atoms with Gasteiger partial charge in [-0.1, -0.05) is 6.92 Å². The Balaban J connectivity index is 1.98. The average molecular weight is 268 g/mol. The molecule has 106 valence electrons. The minimum Gasteiger partial charge on any atom is -0.467 e. The summed E-state index contributed by atoms with van der Waals surface area (Å²) in [5.74, 6) is 6.49. The highest BCUT2D eigenvalue weighted by atomic mass is 16.5. The molecule has 1 saturated heterocycles. The van der Waals surface area contributed by atoms with Crippen molar-refractivity contribution in [1.29, 1.82) is 0 Å². The van der Waals surface area contributed by atoms with Gasteiger partial charge in [0.15, 0.2) is 0 Å². The molecule has 2 heterocycles. The topological polar surface area (TPSA) is 107 Å². The number of nitrogen functional groups attached to an aromatic ring is 1. The fourth-order valence-corrected chi connectivity index (χ4v) is 2.19. The van der Waals surface area contributed by atoms with E-state index in [1.54, 1.807) is 0 Å². The average Bonchev–Trinajstić information content (AvgIpc) is 2.92. The van der Waals surface area contributed by atoms with Gasteiger partial charge < -0.3 is 14.8 Å². The van der Waals surface area contributed by atoms with Gasteiger partial charge in [0.2, 0.25) is 11.9 Å². The van der Waals surface area contributed by atoms with Gasteiger partial charge in [-0.2, -0.15) is 15.0 Å². The lowest BCUT2D eigenvalue weighted by Gasteiger charge is -2.17. The first kappa shape index (κ1) is 13.8. The maximum Gasteiger partial charge on any atom is 0.322 e. The molecule has 0 aliphatic carbocycles. The zero-order chi connectivity index (χ0) is 13.7. The molecule has 0 saturated carbocycles. The van der Waals surface area contributed by atoms with E-state index in [0.717, 1.165) is 26.0 Å². The highest BCUT2D eigenvalue weighted by Crippen LogP contribution is 2.23. The first-order chi connectivity index (χ1) is 9.26. The fraction of sp³-hybridized carbons (Fsp3) is 0.727. The van der Waals surface area contributed by atoms with Gasteiger partial charge in [-0.05, 0) is 12.8 Å². The third-order valence-corrected chi connectivity index (χ3v) is 3.20. The smallest absolute Gasteiger partial charge is 0.322 e. The molecule has 4 N–H and O–H groups in total. The van der Waals surface area contributed by atoms with Crippen LogP contribution in [0.2, 0.25) is 0 Å². The van der Waals surface area contributed by atoms with Crippen LogP contribution in [0.15, 0.2) is 0 Å². The molecule has 19 heavy (non-hydrogen) atoms. The number of hydrogen-bond acceptors (Lipinski definition) is 8. The van der Waals surface area contributed by atoms with Gasteiger partial charge in [-0.3, -0.25) is 5.43 Å². The Kier molecular flexibility index (Phi) is 4.69. The van der Waals surface area contributed by atoms with Crippen molar-refractivity contribution in [1.82, 2.24) is 15.0 Å². The second-order valence-corrected chi connectivity index (χ2v) is 4.36. The van der Waals surface area contributed by atoms with E-state index >= 15 is 0 Å². The largest absolute Gasteiger partial charge is 0.467 e. The van der Waals surface area contributed by atoms with Crippen molar-refractivity contribution in [3.05, 3.63) is 0 Å². The number of rotatable bonds is 6. The van der Waals surface area contributed by atoms with Crippen molar-refractivity contribution in [2.45, 2.75) is 25.9 Å². The first-order valence-electron chi connectivity index (χ1n) is 6.39. The number of hydrogen-bond donors (Lipinski definition) is 3. The van der Waals surface area contributed by atoms with Crippen molar-refractivity contribution in [2.24, 2.45) is 11.8 Å². The molecule has 2 atom stereocenters. The molecule has 1 aromatic heterocycles. The summed E-state index contributed by atoms with van der Waals surface area (Å²) in [6, 6.07) is 0.222. The van der Waals surface area contributed by atoms with Crippen molar-refractivity contribution in [3.63, 3.8) is 0 Å². The third-order valence-electron chi connectivity index (χ3n) is 3.20. The summed E-state index contributed by atoms with van der Waals surface area (Å²) in [7, 11) is 1.50. The highest BCUT2D eigenvalue weighted by molar-refractivity contribution is 5.34. The lowest BCUT2D eigenvalue weighted by molar-refractivity contribution is 0.0900. The van der Waals surface area contributed by atoms with E-state index in [-0.39, 0.29) is 12.0 Å². The molecular weight excluding hydrogens is 248 g/mol. The summed E-state index contributed by atoms with van der Waals surface area (Å²) in [6.45, 7) is 3.71. The standard InChI is InChI=1S/C11H20N6O2/c1-3-8-7(4-5-19-8)6-13-9-14-10(17-12)16-11(15-9)18-2/h7-8H,3-6,12H2,1-2H3,(H2,13,14,15,16,17). The number of aromatic nitrogens is 3. The van der Waals surface area contributed by atoms with Gasteiger partial charge in [0, 0.05) is 19.1 Å². The minimum absolute atomic E-state index is 0.222. The summed E-state index contributed by atoms with van der Waals surface area (Å²) in [4.78, 5) is 12.2. The quantitative estimate of drug-likeness (QED) is 0.502. The van der Waals surface area contributed by atoms with Gasteiger partial charge in [0.1, 0.15) is 0 Å². The molecule has 1 aliphatic rings. The molecule has 1 fully saturated rings. The van der Waals surface area contributed by atoms with Crippen LogP contribution >= 0.6 is 0 Å². The van der Waals surface area contributed by atoms with Crippen molar-refractivity contribution < 1.29 is 9.47 Å². The number of ether oxygens (including phenoxy) is 2. The van der Waals surface area contributed by atoms with Crippen LogP contribution in [0.4, 0.5) is 11.9 Å². The molecule has 1 aromatic rings. The number of nitrogens with zero attached hydrogens (tertiary/aromatic N) is 3. The van der Waals surface area contributed by atoms with Gasteiger partial charge in [0.25, 0.3) is 0 Å². The predicted molar refractivity (Wildman–Crippen MR) is 70.8 cm³/mol. The van der Waals surface area contributed by atoms with Crippen LogP contribution in [0.25, 0.3) is 0 Å². The molecule has 0 amide bonds. The Labute approximate surface area is 112 Å². The monoisotopic (exact) mass is 268 g/mol. The number of nitrogens with two attached hydrogens (primary N) is 1. The lowest BCUT2D eigenvalue weighted by atomic mass is 10.00. The number of anilines is 2. The zero-order valence-corrected chi connectivity index (χ0v) is 11.2. The summed E-state index contributed by atoms with van der Waals surface area (Å²) < 4.78 is 10.6. The fourth-order valence-electron chi connectivity index (χ4n) is 2.19. The van der Waals surface area contributed by atoms with E-state index in [0.29, 0.717) is 18.0 Å². The summed E-state index contributed by atoms with van der Waals surface area (Å²) in [6.07, 6.45) is 2.38. The van der Waals surface area contributed by atoms with Crippen LogP contribution in [0.3, 0.4) is 0 Å². The summed E-state index contributed by atoms with van der Waals surface area (Å²) in [5, 5.41) is 3.18. The maximum atomic E-state index is 5.64. The van der Waals surface area contributed by atoms with Crippen LogP contribution in [0.1, 0.15) is 19.8 Å². The van der Waals surface area contributed by atoms with Crippen LogP contribution < -0.4 is 21.3 Å². The first-order valence-corrected chi connectivity index (χ1v) is 6.39. The molecule has 0 spiro atoms. The van der Waals surface area contributed by atoms with Crippen molar-refractivity contribution in [3.8, 4) is 6.01 Å². The normalized spacial score (nSPS) is 22.3. The van der Waals surface area contributed by atoms with E-state index < -0.39 is 0 Å². The number of nitrogens with one attached hydrogen (secondary N) is 2. The Hall–Kier alpha value is -1.67. The maximum absolute atomic E-state index is 5.64. The molecule has 8 heteroatoms. The molecule has 0 radical (unpaired) electrons. The SMILES string of the molecule is CCC1OCCC1CNc1nc(NN)nc(OC)n1. The van der Waals surface area contributed by atoms with E-state index in [9.17, 15) is 0 Å². The summed E-state index contributed by atoms with van der Waals surface area (Å²) in [5.41, 5.74) is 2.38. The van der Waals surface area contributed by atoms with Crippen molar-refractivity contribution in [2.75, 3.05) is 31.0 Å². The predicted octanol–water partition coefficient (Wildman–Crippen LogP) is 0.393. The Morgan fingerprint density at radius 3 is 2.84 bits per heavy atom. The molecule has 8 nitrogen and oxygen atoms in total. The molecule has 0 bridgehead atoms. The molecule has 0 aromatic carbocycles. The van der Waals surface area contributed by atoms with E-state index in [4.69, 9.17) is 15.3 Å². The van der Waals surface area contributed by atoms with E-state index in [1.165, 1.54) is 7.11 Å². The minimum atomic E-state index is 0.222. The molecule has 2 unspecified atom stereocenters. The Bertz CT molecular complexity index is 394. The van der Waals surface area contributed by atoms with E-state index in [1.807, 2.05) is 0 Å². The van der Waals surface area contributed by atoms with Crippen LogP contribution in [0, 0.1) is 5.92 Å². The summed E-state index contributed by atoms with van der Waals surface area (Å²) >= 11 is 0. The molecular formula is C11H20N6O2. The van der Waals surface area contributed by atoms with Crippen LogP contribution in [-0.4, -0.2) is 41.3 Å². The molecule has 1 aliphatic heterocycles. The second-order valence-electron chi connectivity index (χ2n) is 4.36. The second kappa shape index (κ2) is 6.48. The van der Waals surface area contributed by atoms with Gasteiger partial charge in [-0.25, -0.2) is 5.84 Å². The molecule has 2 rings (SSSR count). The lowest BCUT2D eigenvalue weighted by Crippen LogP contribution is -2.24. The zero-order valence-electron chi connectivity index (χ0n) is 11.2. The Morgan fingerprint density at radius 1 is 1.37 bits per heavy atom. The van der Waals surface area contributed by atoms with E-state index in [2.05, 4.69) is 32.6 Å².